The van der Waals surface area contributed by atoms with Gasteiger partial charge in [0.15, 0.2) is 0 Å². The van der Waals surface area contributed by atoms with Crippen LogP contribution in [0, 0.1) is 16.0 Å². The SMILES string of the molecule is CCC(C)C(NC(=O)CCOc1cccc([N+](=O)[O-])c1)C(=O)O. The average Bonchev–Trinajstić information content (AvgIpc) is 2.51. The highest BCUT2D eigenvalue weighted by Gasteiger charge is 2.25. The number of hydrogen-bond acceptors (Lipinski definition) is 5. The van der Waals surface area contributed by atoms with E-state index in [1.807, 2.05) is 6.92 Å². The minimum Gasteiger partial charge on any atom is -0.493 e. The summed E-state index contributed by atoms with van der Waals surface area (Å²) in [6.45, 7) is 3.59. The van der Waals surface area contributed by atoms with Crippen molar-refractivity contribution in [3.05, 3.63) is 34.4 Å². The molecule has 0 aromatic heterocycles. The molecule has 1 rings (SSSR count). The lowest BCUT2D eigenvalue weighted by Crippen LogP contribution is -2.45. The van der Waals surface area contributed by atoms with E-state index in [4.69, 9.17) is 9.84 Å². The summed E-state index contributed by atoms with van der Waals surface area (Å²) < 4.78 is 5.28. The Labute approximate surface area is 133 Å². The molecule has 0 radical (unpaired) electrons. The van der Waals surface area contributed by atoms with Gasteiger partial charge in [0.25, 0.3) is 5.69 Å². The molecule has 8 heteroatoms. The van der Waals surface area contributed by atoms with Crippen molar-refractivity contribution in [3.8, 4) is 5.75 Å². The highest BCUT2D eigenvalue weighted by atomic mass is 16.6. The first-order valence-corrected chi connectivity index (χ1v) is 7.24. The van der Waals surface area contributed by atoms with Crippen LogP contribution in [0.25, 0.3) is 0 Å². The number of non-ortho nitro benzene ring substituents is 1. The second-order valence-corrected chi connectivity index (χ2v) is 5.12. The molecule has 0 saturated heterocycles. The highest BCUT2D eigenvalue weighted by Crippen LogP contribution is 2.19. The molecule has 1 amide bonds. The summed E-state index contributed by atoms with van der Waals surface area (Å²) in [5, 5.41) is 22.2. The van der Waals surface area contributed by atoms with Gasteiger partial charge in [-0.1, -0.05) is 26.3 Å². The van der Waals surface area contributed by atoms with E-state index in [9.17, 15) is 19.7 Å². The van der Waals surface area contributed by atoms with Crippen molar-refractivity contribution in [2.45, 2.75) is 32.7 Å². The third kappa shape index (κ3) is 5.93. The van der Waals surface area contributed by atoms with Gasteiger partial charge in [-0.25, -0.2) is 4.79 Å². The number of aliphatic carboxylic acids is 1. The van der Waals surface area contributed by atoms with Crippen LogP contribution in [0.2, 0.25) is 0 Å². The van der Waals surface area contributed by atoms with E-state index >= 15 is 0 Å². The molecule has 1 aromatic rings. The molecule has 1 aromatic carbocycles. The zero-order valence-corrected chi connectivity index (χ0v) is 13.0. The molecule has 0 fully saturated rings. The lowest BCUT2D eigenvalue weighted by atomic mass is 9.99. The first kappa shape index (κ1) is 18.4. The van der Waals surface area contributed by atoms with Gasteiger partial charge in [0.2, 0.25) is 5.91 Å². The van der Waals surface area contributed by atoms with Crippen molar-refractivity contribution in [3.63, 3.8) is 0 Å². The molecule has 2 N–H and O–H groups in total. The number of carboxylic acid groups (broad SMARTS) is 1. The first-order chi connectivity index (χ1) is 10.8. The number of carbonyl (C=O) groups is 2. The Morgan fingerprint density at radius 3 is 2.70 bits per heavy atom. The van der Waals surface area contributed by atoms with Crippen molar-refractivity contribution < 1.29 is 24.4 Å². The van der Waals surface area contributed by atoms with E-state index in [1.165, 1.54) is 18.2 Å². The van der Waals surface area contributed by atoms with Crippen LogP contribution >= 0.6 is 0 Å². The number of amides is 1. The summed E-state index contributed by atoms with van der Waals surface area (Å²) in [5.74, 6) is -1.42. The average molecular weight is 324 g/mol. The number of nitro groups is 1. The predicted octanol–water partition coefficient (Wildman–Crippen LogP) is 1.98. The Morgan fingerprint density at radius 2 is 2.13 bits per heavy atom. The second kappa shape index (κ2) is 8.72. The summed E-state index contributed by atoms with van der Waals surface area (Å²) in [6, 6.07) is 4.69. The minimum atomic E-state index is -1.08. The molecule has 0 saturated carbocycles. The van der Waals surface area contributed by atoms with Crippen molar-refractivity contribution in [1.29, 1.82) is 0 Å². The third-order valence-electron chi connectivity index (χ3n) is 3.42. The van der Waals surface area contributed by atoms with E-state index < -0.39 is 22.8 Å². The second-order valence-electron chi connectivity index (χ2n) is 5.12. The summed E-state index contributed by atoms with van der Waals surface area (Å²) in [6.07, 6.45) is 0.588. The van der Waals surface area contributed by atoms with E-state index in [2.05, 4.69) is 5.32 Å². The van der Waals surface area contributed by atoms with Gasteiger partial charge in [-0.05, 0) is 12.0 Å². The minimum absolute atomic E-state index is 0.000153. The van der Waals surface area contributed by atoms with E-state index in [0.29, 0.717) is 6.42 Å². The van der Waals surface area contributed by atoms with Gasteiger partial charge in [0.05, 0.1) is 24.0 Å². The third-order valence-corrected chi connectivity index (χ3v) is 3.42. The molecular formula is C15H20N2O6. The molecule has 0 aliphatic rings. The standard InChI is InChI=1S/C15H20N2O6/c1-3-10(2)14(15(19)20)16-13(18)7-8-23-12-6-4-5-11(9-12)17(21)22/h4-6,9-10,14H,3,7-8H2,1-2H3,(H,16,18)(H,19,20). The largest absolute Gasteiger partial charge is 0.493 e. The van der Waals surface area contributed by atoms with Crippen LogP contribution in [0.1, 0.15) is 26.7 Å². The molecule has 23 heavy (non-hydrogen) atoms. The Balaban J connectivity index is 2.49. The Kier molecular flexibility index (Phi) is 6.98. The summed E-state index contributed by atoms with van der Waals surface area (Å²) in [5.41, 5.74) is -0.102. The number of benzene rings is 1. The van der Waals surface area contributed by atoms with Crippen LogP contribution in [-0.4, -0.2) is 34.6 Å². The number of nitro benzene ring substituents is 1. The fourth-order valence-electron chi connectivity index (χ4n) is 1.88. The fourth-order valence-corrected chi connectivity index (χ4v) is 1.88. The molecule has 126 valence electrons. The molecular weight excluding hydrogens is 304 g/mol. The number of rotatable bonds is 9. The number of ether oxygens (including phenoxy) is 1. The van der Waals surface area contributed by atoms with Gasteiger partial charge < -0.3 is 15.2 Å². The van der Waals surface area contributed by atoms with Crippen LogP contribution in [0.15, 0.2) is 24.3 Å². The smallest absolute Gasteiger partial charge is 0.326 e. The normalized spacial score (nSPS) is 13.0. The predicted molar refractivity (Wildman–Crippen MR) is 82.2 cm³/mol. The van der Waals surface area contributed by atoms with Crippen LogP contribution in [0.4, 0.5) is 5.69 Å². The van der Waals surface area contributed by atoms with Gasteiger partial charge >= 0.3 is 5.97 Å². The summed E-state index contributed by atoms with van der Waals surface area (Å²) in [4.78, 5) is 33.0. The van der Waals surface area contributed by atoms with Crippen molar-refractivity contribution in [1.82, 2.24) is 5.32 Å². The maximum Gasteiger partial charge on any atom is 0.326 e. The molecule has 2 unspecified atom stereocenters. The summed E-state index contributed by atoms with van der Waals surface area (Å²) >= 11 is 0. The van der Waals surface area contributed by atoms with Gasteiger partial charge in [-0.3, -0.25) is 14.9 Å². The zero-order valence-electron chi connectivity index (χ0n) is 13.0. The van der Waals surface area contributed by atoms with Crippen LogP contribution in [0.5, 0.6) is 5.75 Å². The number of nitrogens with one attached hydrogen (secondary N) is 1. The summed E-state index contributed by atoms with van der Waals surface area (Å²) in [7, 11) is 0. The number of carbonyl (C=O) groups excluding carboxylic acids is 1. The van der Waals surface area contributed by atoms with E-state index in [0.717, 1.165) is 0 Å². The number of hydrogen-bond donors (Lipinski definition) is 2. The Hall–Kier alpha value is -2.64. The van der Waals surface area contributed by atoms with Gasteiger partial charge in [0, 0.05) is 6.07 Å². The molecule has 2 atom stereocenters. The zero-order chi connectivity index (χ0) is 17.4. The topological polar surface area (TPSA) is 119 Å². The van der Waals surface area contributed by atoms with Crippen LogP contribution in [-0.2, 0) is 9.59 Å². The molecule has 0 spiro atoms. The Morgan fingerprint density at radius 1 is 1.43 bits per heavy atom. The maximum absolute atomic E-state index is 11.8. The number of carboxylic acids is 1. The number of nitrogens with zero attached hydrogens (tertiary/aromatic N) is 1. The molecule has 0 bridgehead atoms. The fraction of sp³-hybridized carbons (Fsp3) is 0.467. The molecule has 0 aliphatic carbocycles. The molecule has 8 nitrogen and oxygen atoms in total. The maximum atomic E-state index is 11.8. The van der Waals surface area contributed by atoms with E-state index in [1.54, 1.807) is 13.0 Å². The highest BCUT2D eigenvalue weighted by molar-refractivity contribution is 5.83. The van der Waals surface area contributed by atoms with Gasteiger partial charge in [-0.15, -0.1) is 0 Å². The lowest BCUT2D eigenvalue weighted by Gasteiger charge is -2.20. The monoisotopic (exact) mass is 324 g/mol. The molecule has 0 aliphatic heterocycles. The van der Waals surface area contributed by atoms with Crippen molar-refractivity contribution >= 4 is 17.6 Å². The van der Waals surface area contributed by atoms with E-state index in [-0.39, 0.29) is 30.4 Å². The first-order valence-electron chi connectivity index (χ1n) is 7.24. The van der Waals surface area contributed by atoms with Crippen LogP contribution < -0.4 is 10.1 Å². The quantitative estimate of drug-likeness (QED) is 0.529. The molecule has 0 heterocycles. The van der Waals surface area contributed by atoms with Crippen molar-refractivity contribution in [2.75, 3.05) is 6.61 Å². The lowest BCUT2D eigenvalue weighted by molar-refractivity contribution is -0.384. The Bertz CT molecular complexity index is 575. The van der Waals surface area contributed by atoms with Crippen molar-refractivity contribution in [2.24, 2.45) is 5.92 Å². The van der Waals surface area contributed by atoms with Crippen LogP contribution in [0.3, 0.4) is 0 Å². The van der Waals surface area contributed by atoms with Gasteiger partial charge in [-0.2, -0.15) is 0 Å². The van der Waals surface area contributed by atoms with Gasteiger partial charge in [0.1, 0.15) is 11.8 Å².